The molecule has 2 aromatic carbocycles. The van der Waals surface area contributed by atoms with E-state index in [2.05, 4.69) is 15.7 Å². The summed E-state index contributed by atoms with van der Waals surface area (Å²) in [6.45, 7) is 0. The van der Waals surface area contributed by atoms with Gasteiger partial charge in [-0.2, -0.15) is 18.3 Å². The van der Waals surface area contributed by atoms with Gasteiger partial charge in [0, 0.05) is 18.6 Å². The SMILES string of the molecule is COc1cc(NC(=O)c2nn3c(c2Cl)N[C@@H](c2ccccc2)C[C@H]3C(F)(F)F)cc([N+](=O)[O-])c1. The van der Waals surface area contributed by atoms with Gasteiger partial charge < -0.3 is 15.4 Å². The third-order valence-corrected chi connectivity index (χ3v) is 5.67. The van der Waals surface area contributed by atoms with Crippen molar-refractivity contribution in [2.45, 2.75) is 24.7 Å². The third kappa shape index (κ3) is 4.49. The molecule has 0 fully saturated rings. The molecule has 1 aliphatic heterocycles. The van der Waals surface area contributed by atoms with Crippen LogP contribution in [0.4, 0.5) is 30.4 Å². The van der Waals surface area contributed by atoms with Crippen LogP contribution < -0.4 is 15.4 Å². The summed E-state index contributed by atoms with van der Waals surface area (Å²) in [7, 11) is 1.29. The van der Waals surface area contributed by atoms with E-state index in [1.165, 1.54) is 13.2 Å². The van der Waals surface area contributed by atoms with Crippen LogP contribution in [0.2, 0.25) is 5.02 Å². The highest BCUT2D eigenvalue weighted by Crippen LogP contribution is 2.46. The summed E-state index contributed by atoms with van der Waals surface area (Å²) < 4.78 is 47.3. The topological polar surface area (TPSA) is 111 Å². The summed E-state index contributed by atoms with van der Waals surface area (Å²) in [5.74, 6) is -0.983. The number of anilines is 2. The summed E-state index contributed by atoms with van der Waals surface area (Å²) >= 11 is 6.30. The van der Waals surface area contributed by atoms with Crippen LogP contribution in [0.15, 0.2) is 48.5 Å². The number of hydrogen-bond donors (Lipinski definition) is 2. The molecule has 3 aromatic rings. The van der Waals surface area contributed by atoms with Crippen molar-refractivity contribution in [1.82, 2.24) is 9.78 Å². The van der Waals surface area contributed by atoms with Crippen molar-refractivity contribution < 1.29 is 27.6 Å². The Morgan fingerprint density at radius 2 is 2.00 bits per heavy atom. The van der Waals surface area contributed by atoms with Crippen LogP contribution in [0.1, 0.15) is 34.6 Å². The second-order valence-electron chi connectivity index (χ2n) is 7.49. The van der Waals surface area contributed by atoms with Gasteiger partial charge in [0.1, 0.15) is 16.6 Å². The number of amides is 1. The number of carbonyl (C=O) groups is 1. The van der Waals surface area contributed by atoms with Gasteiger partial charge in [0.25, 0.3) is 11.6 Å². The summed E-state index contributed by atoms with van der Waals surface area (Å²) in [6.07, 6.45) is -5.01. The Labute approximate surface area is 195 Å². The number of hydrogen-bond acceptors (Lipinski definition) is 6. The molecule has 178 valence electrons. The Kier molecular flexibility index (Phi) is 6.09. The number of ether oxygens (including phenoxy) is 1. The third-order valence-electron chi connectivity index (χ3n) is 5.31. The van der Waals surface area contributed by atoms with E-state index in [1.54, 1.807) is 30.3 Å². The van der Waals surface area contributed by atoms with Crippen molar-refractivity contribution >= 4 is 34.7 Å². The van der Waals surface area contributed by atoms with Gasteiger partial charge in [-0.05, 0) is 5.56 Å². The number of rotatable bonds is 5. The van der Waals surface area contributed by atoms with Crippen molar-refractivity contribution in [3.63, 3.8) is 0 Å². The van der Waals surface area contributed by atoms with E-state index in [0.29, 0.717) is 10.2 Å². The number of halogens is 4. The van der Waals surface area contributed by atoms with E-state index >= 15 is 0 Å². The molecule has 0 saturated heterocycles. The van der Waals surface area contributed by atoms with Crippen LogP contribution in [0, 0.1) is 10.1 Å². The fourth-order valence-electron chi connectivity index (χ4n) is 3.71. The quantitative estimate of drug-likeness (QED) is 0.364. The number of aromatic nitrogens is 2. The first-order chi connectivity index (χ1) is 16.1. The average molecular weight is 496 g/mol. The fourth-order valence-corrected chi connectivity index (χ4v) is 3.97. The molecular weight excluding hydrogens is 479 g/mol. The fraction of sp³-hybridized carbons (Fsp3) is 0.238. The molecule has 34 heavy (non-hydrogen) atoms. The molecule has 4 rings (SSSR count). The molecule has 9 nitrogen and oxygen atoms in total. The Hall–Kier alpha value is -3.80. The first-order valence-corrected chi connectivity index (χ1v) is 10.3. The van der Waals surface area contributed by atoms with Crippen LogP contribution in [-0.4, -0.2) is 33.9 Å². The molecule has 1 amide bonds. The second-order valence-corrected chi connectivity index (χ2v) is 7.87. The van der Waals surface area contributed by atoms with Crippen molar-refractivity contribution in [2.24, 2.45) is 0 Å². The van der Waals surface area contributed by atoms with Gasteiger partial charge in [-0.25, -0.2) is 4.68 Å². The number of nitrogens with one attached hydrogen (secondary N) is 2. The number of benzene rings is 2. The Bertz CT molecular complexity index is 1250. The predicted molar refractivity (Wildman–Crippen MR) is 117 cm³/mol. The highest BCUT2D eigenvalue weighted by Gasteiger charge is 2.47. The lowest BCUT2D eigenvalue weighted by atomic mass is 9.97. The maximum atomic E-state index is 13.9. The molecule has 13 heteroatoms. The van der Waals surface area contributed by atoms with E-state index in [4.69, 9.17) is 16.3 Å². The lowest BCUT2D eigenvalue weighted by Crippen LogP contribution is -2.35. The molecule has 0 unspecified atom stereocenters. The first kappa shape index (κ1) is 23.4. The van der Waals surface area contributed by atoms with Crippen LogP contribution in [0.25, 0.3) is 0 Å². The van der Waals surface area contributed by atoms with Gasteiger partial charge in [-0.15, -0.1) is 0 Å². The maximum absolute atomic E-state index is 13.9. The van der Waals surface area contributed by atoms with Gasteiger partial charge in [0.05, 0.1) is 29.8 Å². The number of non-ortho nitro benzene ring substituents is 1. The molecule has 2 N–H and O–H groups in total. The maximum Gasteiger partial charge on any atom is 0.410 e. The van der Waals surface area contributed by atoms with Gasteiger partial charge in [0.2, 0.25) is 0 Å². The van der Waals surface area contributed by atoms with Gasteiger partial charge in [-0.3, -0.25) is 14.9 Å². The summed E-state index contributed by atoms with van der Waals surface area (Å²) in [5.41, 5.74) is -0.206. The zero-order chi connectivity index (χ0) is 24.6. The Morgan fingerprint density at radius 1 is 1.29 bits per heavy atom. The zero-order valence-electron chi connectivity index (χ0n) is 17.5. The van der Waals surface area contributed by atoms with E-state index in [0.717, 1.165) is 12.1 Å². The number of methoxy groups -OCH3 is 1. The van der Waals surface area contributed by atoms with Gasteiger partial charge in [-0.1, -0.05) is 41.9 Å². The summed E-state index contributed by atoms with van der Waals surface area (Å²) in [6, 6.07) is 9.35. The summed E-state index contributed by atoms with van der Waals surface area (Å²) in [5, 5.41) is 20.0. The number of nitrogens with zero attached hydrogens (tertiary/aromatic N) is 3. The number of nitro groups is 1. The molecule has 0 aliphatic carbocycles. The predicted octanol–water partition coefficient (Wildman–Crippen LogP) is 5.37. The molecule has 0 spiro atoms. The van der Waals surface area contributed by atoms with E-state index in [9.17, 15) is 28.1 Å². The van der Waals surface area contributed by atoms with Crippen molar-refractivity contribution in [1.29, 1.82) is 0 Å². The standard InChI is InChI=1S/C21H17ClF3N5O4/c1-34-14-8-12(7-13(9-14)30(32)33)26-20(31)18-17(22)19-27-15(11-5-3-2-4-6-11)10-16(21(23,24)25)29(19)28-18/h2-9,15-16,27H,10H2,1H3,(H,26,31)/t15-,16+/m1/s1. The Morgan fingerprint density at radius 3 is 2.62 bits per heavy atom. The summed E-state index contributed by atoms with van der Waals surface area (Å²) in [4.78, 5) is 23.3. The number of nitro benzene ring substituents is 1. The van der Waals surface area contributed by atoms with Crippen molar-refractivity contribution in [2.75, 3.05) is 17.7 Å². The van der Waals surface area contributed by atoms with Crippen LogP contribution in [0.3, 0.4) is 0 Å². The highest BCUT2D eigenvalue weighted by molar-refractivity contribution is 6.36. The normalized spacial score (nSPS) is 17.4. The molecule has 0 bridgehead atoms. The van der Waals surface area contributed by atoms with Crippen LogP contribution in [-0.2, 0) is 0 Å². The molecule has 0 saturated carbocycles. The van der Waals surface area contributed by atoms with Gasteiger partial charge in [0.15, 0.2) is 11.7 Å². The molecule has 1 aliphatic rings. The minimum absolute atomic E-state index is 0.0134. The lowest BCUT2D eigenvalue weighted by Gasteiger charge is -2.33. The van der Waals surface area contributed by atoms with Crippen LogP contribution in [0.5, 0.6) is 5.75 Å². The molecule has 2 heterocycles. The number of alkyl halides is 3. The first-order valence-electron chi connectivity index (χ1n) is 9.89. The average Bonchev–Trinajstić information content (AvgIpc) is 3.14. The van der Waals surface area contributed by atoms with Crippen molar-refractivity contribution in [3.8, 4) is 5.75 Å². The number of carbonyl (C=O) groups excluding carboxylic acids is 1. The van der Waals surface area contributed by atoms with Crippen LogP contribution >= 0.6 is 11.6 Å². The lowest BCUT2D eigenvalue weighted by molar-refractivity contribution is -0.384. The van der Waals surface area contributed by atoms with E-state index in [1.807, 2.05) is 0 Å². The minimum atomic E-state index is -4.65. The minimum Gasteiger partial charge on any atom is -0.496 e. The Balaban J connectivity index is 1.70. The zero-order valence-corrected chi connectivity index (χ0v) is 18.2. The largest absolute Gasteiger partial charge is 0.496 e. The second kappa shape index (κ2) is 8.86. The van der Waals surface area contributed by atoms with E-state index in [-0.39, 0.29) is 34.4 Å². The van der Waals surface area contributed by atoms with Gasteiger partial charge >= 0.3 is 6.18 Å². The number of fused-ring (bicyclic) bond motifs is 1. The monoisotopic (exact) mass is 495 g/mol. The van der Waals surface area contributed by atoms with E-state index < -0.39 is 34.8 Å². The highest BCUT2D eigenvalue weighted by atomic mass is 35.5. The van der Waals surface area contributed by atoms with Crippen molar-refractivity contribution in [3.05, 3.63) is 74.9 Å². The molecular formula is C21H17ClF3N5O4. The molecule has 0 radical (unpaired) electrons. The smallest absolute Gasteiger partial charge is 0.410 e. The molecule has 2 atom stereocenters. The molecule has 1 aromatic heterocycles.